The van der Waals surface area contributed by atoms with Crippen molar-refractivity contribution in [3.05, 3.63) is 53.5 Å². The summed E-state index contributed by atoms with van der Waals surface area (Å²) in [6.45, 7) is 2.33. The van der Waals surface area contributed by atoms with Crippen LogP contribution in [0.1, 0.15) is 24.8 Å². The number of hydrogen-bond acceptors (Lipinski definition) is 8. The third-order valence-electron chi connectivity index (χ3n) is 6.44. The van der Waals surface area contributed by atoms with Crippen LogP contribution in [0.3, 0.4) is 0 Å². The number of thioether (sulfide) groups is 1. The molecular formula is C25H29N3O4S2. The standard InChI is InChI=1S/C25H29N3O4S2/c1-32-18-5-7-22-20(15-18)19(8-10-26-22)23(27-31)6-4-17-9-11-28(16-21(17)25(29)30)12-14-34-24-3-2-13-33-24/h2-3,5,7-8,10,13,15,17,21,31H,4,6,9,11-12,14,16H2,1H3,(H,29,30)/b27-23-/t17-,21+/m1/s1. The highest BCUT2D eigenvalue weighted by molar-refractivity contribution is 8.01. The summed E-state index contributed by atoms with van der Waals surface area (Å²) in [6.07, 6.45) is 3.67. The highest BCUT2D eigenvalue weighted by atomic mass is 32.2. The summed E-state index contributed by atoms with van der Waals surface area (Å²) in [4.78, 5) is 18.7. The molecule has 1 aromatic carbocycles. The molecule has 3 heterocycles. The Balaban J connectivity index is 1.39. The molecule has 34 heavy (non-hydrogen) atoms. The van der Waals surface area contributed by atoms with Crippen molar-refractivity contribution < 1.29 is 19.8 Å². The molecule has 1 aliphatic rings. The fraction of sp³-hybridized carbons (Fsp3) is 0.400. The number of rotatable bonds is 10. The second-order valence-corrected chi connectivity index (χ2v) is 10.7. The molecular weight excluding hydrogens is 470 g/mol. The number of oxime groups is 1. The topological polar surface area (TPSA) is 95.2 Å². The first kappa shape index (κ1) is 24.5. The lowest BCUT2D eigenvalue weighted by Gasteiger charge is -2.36. The highest BCUT2D eigenvalue weighted by Gasteiger charge is 2.34. The fourth-order valence-corrected chi connectivity index (χ4v) is 6.44. The number of carboxylic acid groups (broad SMARTS) is 1. The van der Waals surface area contributed by atoms with Gasteiger partial charge in [0.05, 0.1) is 28.5 Å². The largest absolute Gasteiger partial charge is 0.497 e. The van der Waals surface area contributed by atoms with E-state index in [1.54, 1.807) is 24.6 Å². The van der Waals surface area contributed by atoms with E-state index in [1.165, 1.54) is 4.21 Å². The van der Waals surface area contributed by atoms with Gasteiger partial charge in [0.1, 0.15) is 5.75 Å². The van der Waals surface area contributed by atoms with Crippen LogP contribution < -0.4 is 4.74 Å². The summed E-state index contributed by atoms with van der Waals surface area (Å²) in [7, 11) is 1.61. The molecule has 7 nitrogen and oxygen atoms in total. The Morgan fingerprint density at radius 2 is 2.24 bits per heavy atom. The summed E-state index contributed by atoms with van der Waals surface area (Å²) in [6, 6.07) is 11.6. The number of methoxy groups -OCH3 is 1. The van der Waals surface area contributed by atoms with Crippen LogP contribution in [0.25, 0.3) is 10.9 Å². The van der Waals surface area contributed by atoms with Crippen LogP contribution in [-0.4, -0.2) is 64.4 Å². The molecule has 1 saturated heterocycles. The number of carboxylic acids is 1. The van der Waals surface area contributed by atoms with Gasteiger partial charge in [-0.2, -0.15) is 0 Å². The zero-order valence-electron chi connectivity index (χ0n) is 19.1. The minimum absolute atomic E-state index is 0.0399. The molecule has 2 N–H and O–H groups in total. The normalized spacial score (nSPS) is 19.4. The molecule has 0 amide bonds. The van der Waals surface area contributed by atoms with E-state index in [4.69, 9.17) is 4.74 Å². The molecule has 2 aromatic heterocycles. The van der Waals surface area contributed by atoms with Crippen molar-refractivity contribution in [3.63, 3.8) is 0 Å². The van der Waals surface area contributed by atoms with Crippen molar-refractivity contribution in [1.29, 1.82) is 0 Å². The van der Waals surface area contributed by atoms with E-state index in [1.807, 2.05) is 42.1 Å². The summed E-state index contributed by atoms with van der Waals surface area (Å²) < 4.78 is 6.64. The van der Waals surface area contributed by atoms with Gasteiger partial charge in [0.2, 0.25) is 0 Å². The summed E-state index contributed by atoms with van der Waals surface area (Å²) in [5.41, 5.74) is 2.12. The number of piperidine rings is 1. The first-order chi connectivity index (χ1) is 16.6. The average molecular weight is 500 g/mol. The number of carbonyl (C=O) groups is 1. The number of aliphatic carboxylic acids is 1. The lowest BCUT2D eigenvalue weighted by atomic mass is 9.81. The number of pyridine rings is 1. The number of nitrogens with zero attached hydrogens (tertiary/aromatic N) is 3. The predicted molar refractivity (Wildman–Crippen MR) is 137 cm³/mol. The quantitative estimate of drug-likeness (QED) is 0.174. The van der Waals surface area contributed by atoms with Crippen LogP contribution >= 0.6 is 23.1 Å². The lowest BCUT2D eigenvalue weighted by molar-refractivity contribution is -0.146. The van der Waals surface area contributed by atoms with E-state index < -0.39 is 11.9 Å². The number of likely N-dealkylation sites (tertiary alicyclic amines) is 1. The fourth-order valence-electron chi connectivity index (χ4n) is 4.58. The van der Waals surface area contributed by atoms with Crippen molar-refractivity contribution in [2.45, 2.75) is 23.5 Å². The smallest absolute Gasteiger partial charge is 0.308 e. The van der Waals surface area contributed by atoms with Crippen LogP contribution in [0.4, 0.5) is 0 Å². The SMILES string of the molecule is COc1ccc2nccc(/C(CC[C@@H]3CCN(CCSc4cccs4)C[C@@H]3C(=O)O)=N\O)c2c1. The van der Waals surface area contributed by atoms with Crippen molar-refractivity contribution in [2.75, 3.05) is 32.5 Å². The molecule has 2 atom stereocenters. The second-order valence-electron chi connectivity index (χ2n) is 8.40. The van der Waals surface area contributed by atoms with E-state index in [0.717, 1.165) is 41.7 Å². The molecule has 0 aliphatic carbocycles. The maximum atomic E-state index is 12.1. The van der Waals surface area contributed by atoms with Crippen molar-refractivity contribution in [3.8, 4) is 5.75 Å². The van der Waals surface area contributed by atoms with Crippen LogP contribution in [0.2, 0.25) is 0 Å². The maximum absolute atomic E-state index is 12.1. The highest BCUT2D eigenvalue weighted by Crippen LogP contribution is 2.31. The molecule has 3 aromatic rings. The Kier molecular flexibility index (Phi) is 8.42. The average Bonchev–Trinajstić information content (AvgIpc) is 3.38. The van der Waals surface area contributed by atoms with Crippen LogP contribution in [0, 0.1) is 11.8 Å². The third-order valence-corrected chi connectivity index (χ3v) is 8.55. The van der Waals surface area contributed by atoms with Gasteiger partial charge in [0.15, 0.2) is 0 Å². The predicted octanol–water partition coefficient (Wildman–Crippen LogP) is 5.08. The van der Waals surface area contributed by atoms with E-state index >= 15 is 0 Å². The molecule has 0 bridgehead atoms. The minimum atomic E-state index is -0.748. The van der Waals surface area contributed by atoms with Gasteiger partial charge in [-0.25, -0.2) is 0 Å². The van der Waals surface area contributed by atoms with E-state index in [-0.39, 0.29) is 5.92 Å². The van der Waals surface area contributed by atoms with Gasteiger partial charge in [0, 0.05) is 36.0 Å². The molecule has 0 radical (unpaired) electrons. The van der Waals surface area contributed by atoms with Crippen LogP contribution in [0.5, 0.6) is 5.75 Å². The molecule has 1 fully saturated rings. The number of fused-ring (bicyclic) bond motifs is 1. The number of benzene rings is 1. The second kappa shape index (κ2) is 11.7. The minimum Gasteiger partial charge on any atom is -0.497 e. The molecule has 0 saturated carbocycles. The third kappa shape index (κ3) is 5.89. The Labute approximate surface area is 207 Å². The molecule has 0 spiro atoms. The summed E-state index contributed by atoms with van der Waals surface area (Å²) in [5.74, 6) is 0.529. The molecule has 180 valence electrons. The van der Waals surface area contributed by atoms with Gasteiger partial charge in [0.25, 0.3) is 0 Å². The van der Waals surface area contributed by atoms with Gasteiger partial charge in [-0.1, -0.05) is 11.2 Å². The maximum Gasteiger partial charge on any atom is 0.308 e. The Morgan fingerprint density at radius 3 is 2.97 bits per heavy atom. The number of hydrogen-bond donors (Lipinski definition) is 2. The monoisotopic (exact) mass is 499 g/mol. The zero-order valence-corrected chi connectivity index (χ0v) is 20.7. The number of aromatic nitrogens is 1. The van der Waals surface area contributed by atoms with Crippen molar-refractivity contribution in [2.24, 2.45) is 17.0 Å². The Morgan fingerprint density at radius 1 is 1.35 bits per heavy atom. The number of thiophene rings is 1. The van der Waals surface area contributed by atoms with Gasteiger partial charge < -0.3 is 20.0 Å². The van der Waals surface area contributed by atoms with E-state index in [0.29, 0.717) is 30.8 Å². The van der Waals surface area contributed by atoms with Gasteiger partial charge >= 0.3 is 5.97 Å². The Bertz CT molecular complexity index is 1140. The van der Waals surface area contributed by atoms with Gasteiger partial charge in [-0.3, -0.25) is 9.78 Å². The molecule has 0 unspecified atom stereocenters. The first-order valence-corrected chi connectivity index (χ1v) is 13.2. The van der Waals surface area contributed by atoms with Crippen molar-refractivity contribution in [1.82, 2.24) is 9.88 Å². The van der Waals surface area contributed by atoms with E-state index in [2.05, 4.69) is 26.5 Å². The van der Waals surface area contributed by atoms with E-state index in [9.17, 15) is 15.1 Å². The summed E-state index contributed by atoms with van der Waals surface area (Å²) in [5, 5.41) is 26.2. The van der Waals surface area contributed by atoms with Crippen molar-refractivity contribution >= 4 is 45.7 Å². The van der Waals surface area contributed by atoms with Crippen LogP contribution in [0.15, 0.2) is 57.3 Å². The molecule has 9 heteroatoms. The molecule has 4 rings (SSSR count). The number of ether oxygens (including phenoxy) is 1. The molecule has 1 aliphatic heterocycles. The zero-order chi connectivity index (χ0) is 23.9. The van der Waals surface area contributed by atoms with Crippen LogP contribution in [-0.2, 0) is 4.79 Å². The lowest BCUT2D eigenvalue weighted by Crippen LogP contribution is -2.44. The van der Waals surface area contributed by atoms with Gasteiger partial charge in [-0.15, -0.1) is 23.1 Å². The first-order valence-electron chi connectivity index (χ1n) is 11.3. The van der Waals surface area contributed by atoms with Gasteiger partial charge in [-0.05, 0) is 67.4 Å². The summed E-state index contributed by atoms with van der Waals surface area (Å²) >= 11 is 3.56. The Hall–Kier alpha value is -2.62.